The first-order valence-electron chi connectivity index (χ1n) is 16.3. The van der Waals surface area contributed by atoms with Gasteiger partial charge < -0.3 is 10.4 Å². The van der Waals surface area contributed by atoms with Crippen molar-refractivity contribution < 1.29 is 65.1 Å². The number of rotatable bonds is 13. The lowest BCUT2D eigenvalue weighted by atomic mass is 9.96. The van der Waals surface area contributed by atoms with Crippen LogP contribution in [0.2, 0.25) is 0 Å². The zero-order valence-electron chi connectivity index (χ0n) is 29.5. The Morgan fingerprint density at radius 2 is 1.29 bits per heavy atom. The number of sulfone groups is 1. The number of hydrogen-bond acceptors (Lipinski definition) is 17. The van der Waals surface area contributed by atoms with E-state index in [2.05, 4.69) is 10.3 Å². The minimum absolute atomic E-state index is 0.0351. The molecule has 1 heterocycles. The summed E-state index contributed by atoms with van der Waals surface area (Å²) in [5.41, 5.74) is -3.57. The molecule has 5 N–H and O–H groups in total. The molecular weight excluding hydrogens is 901 g/mol. The van der Waals surface area contributed by atoms with E-state index in [0.29, 0.717) is 6.07 Å². The van der Waals surface area contributed by atoms with Crippen molar-refractivity contribution in [2.24, 2.45) is 0 Å². The van der Waals surface area contributed by atoms with Crippen LogP contribution in [-0.4, -0.2) is 93.1 Å². The monoisotopic (exact) mass is 928 g/mol. The van der Waals surface area contributed by atoms with Gasteiger partial charge in [0.2, 0.25) is 0 Å². The van der Waals surface area contributed by atoms with E-state index in [-0.39, 0.29) is 44.7 Å². The van der Waals surface area contributed by atoms with Gasteiger partial charge in [0.25, 0.3) is 35.9 Å². The number of nitrogens with one attached hydrogen (secondary N) is 1. The molecule has 312 valence electrons. The van der Waals surface area contributed by atoms with Crippen LogP contribution >= 0.6 is 11.8 Å². The van der Waals surface area contributed by atoms with Gasteiger partial charge in [-0.05, 0) is 41.8 Å². The van der Waals surface area contributed by atoms with E-state index in [1.165, 1.54) is 36.4 Å². The molecule has 0 saturated heterocycles. The molecule has 1 aliphatic carbocycles. The number of hydrogen-bond donors (Lipinski definition) is 5. The van der Waals surface area contributed by atoms with E-state index >= 15 is 0 Å². The van der Waals surface area contributed by atoms with Crippen LogP contribution in [0.15, 0.2) is 103 Å². The van der Waals surface area contributed by atoms with Gasteiger partial charge in [-0.1, -0.05) is 54.6 Å². The Labute approximate surface area is 339 Å². The Bertz CT molecular complexity index is 3460. The highest BCUT2D eigenvalue weighted by molar-refractivity contribution is 8.00. The summed E-state index contributed by atoms with van der Waals surface area (Å²) in [6, 6.07) is 16.8. The van der Waals surface area contributed by atoms with Crippen LogP contribution in [0, 0.1) is 10.4 Å². The summed E-state index contributed by atoms with van der Waals surface area (Å²) in [5.74, 6) is -1.47. The highest BCUT2D eigenvalue weighted by Gasteiger charge is 2.27. The smallest absolute Gasteiger partial charge is 0.425 e. The molecular formula is C34H28N2O17S6. The molecule has 0 bridgehead atoms. The molecule has 0 radical (unpaired) electrons. The van der Waals surface area contributed by atoms with Gasteiger partial charge >= 0.3 is 10.6 Å². The molecule has 59 heavy (non-hydrogen) atoms. The molecule has 0 unspecified atom stereocenters. The molecule has 4 aromatic rings. The molecule has 4 aromatic carbocycles. The molecule has 0 spiro atoms. The van der Waals surface area contributed by atoms with Crippen molar-refractivity contribution in [1.82, 2.24) is 4.98 Å². The number of nitrogens with zero attached hydrogens (tertiary/aromatic N) is 1. The van der Waals surface area contributed by atoms with Crippen molar-refractivity contribution in [3.05, 3.63) is 121 Å². The Morgan fingerprint density at radius 3 is 1.88 bits per heavy atom. The van der Waals surface area contributed by atoms with Gasteiger partial charge in [0, 0.05) is 27.1 Å². The number of thioether (sulfide) groups is 1. The topological polar surface area (TPSA) is 328 Å². The molecule has 2 aliphatic rings. The van der Waals surface area contributed by atoms with E-state index in [4.69, 9.17) is 17.2 Å². The van der Waals surface area contributed by atoms with Crippen molar-refractivity contribution in [3.63, 3.8) is 0 Å². The van der Waals surface area contributed by atoms with Crippen LogP contribution in [0.3, 0.4) is 0 Å². The van der Waals surface area contributed by atoms with Gasteiger partial charge in [-0.3, -0.25) is 23.2 Å². The van der Waals surface area contributed by atoms with Crippen molar-refractivity contribution >= 4 is 101 Å². The van der Waals surface area contributed by atoms with Crippen LogP contribution in [0.25, 0.3) is 27.4 Å². The normalized spacial score (nSPS) is 12.9. The fourth-order valence-electron chi connectivity index (χ4n) is 6.09. The Morgan fingerprint density at radius 1 is 0.695 bits per heavy atom. The zero-order valence-corrected chi connectivity index (χ0v) is 34.4. The number of aliphatic hydroxyl groups is 1. The summed E-state index contributed by atoms with van der Waals surface area (Å²) in [6.07, 6.45) is 0.0439. The third kappa shape index (κ3) is 10.2. The maximum absolute atomic E-state index is 14.3. The van der Waals surface area contributed by atoms with Gasteiger partial charge in [0.15, 0.2) is 15.3 Å². The summed E-state index contributed by atoms with van der Waals surface area (Å²) in [5, 5.41) is 12.8. The molecule has 1 aliphatic heterocycles. The van der Waals surface area contributed by atoms with Gasteiger partial charge in [-0.15, -0.1) is 12.6 Å². The fourth-order valence-corrected chi connectivity index (χ4v) is 10.8. The van der Waals surface area contributed by atoms with Gasteiger partial charge in [0.05, 0.1) is 43.9 Å². The van der Waals surface area contributed by atoms with Crippen LogP contribution in [-0.2, 0) is 50.8 Å². The summed E-state index contributed by atoms with van der Waals surface area (Å²) in [6.45, 7) is 0. The van der Waals surface area contributed by atoms with Crippen LogP contribution in [0.1, 0.15) is 12.0 Å². The summed E-state index contributed by atoms with van der Waals surface area (Å²) >= 11 is 1.07. The summed E-state index contributed by atoms with van der Waals surface area (Å²) < 4.78 is 154. The lowest BCUT2D eigenvalue weighted by molar-refractivity contribution is 0.480. The summed E-state index contributed by atoms with van der Waals surface area (Å²) in [7, 11) is -22.0. The van der Waals surface area contributed by atoms with Crippen molar-refractivity contribution in [1.29, 1.82) is 0 Å². The average Bonchev–Trinajstić information content (AvgIpc) is 3.13. The highest BCUT2D eigenvalue weighted by Crippen LogP contribution is 2.34. The second-order valence-electron chi connectivity index (χ2n) is 12.3. The molecule has 0 amide bonds. The van der Waals surface area contributed by atoms with Gasteiger partial charge in [-0.2, -0.15) is 37.0 Å². The highest BCUT2D eigenvalue weighted by atomic mass is 32.2. The minimum atomic E-state index is -5.29. The lowest BCUT2D eigenvalue weighted by Crippen LogP contribution is -2.33. The third-order valence-electron chi connectivity index (χ3n) is 8.47. The van der Waals surface area contributed by atoms with Crippen LogP contribution in [0.5, 0.6) is 0 Å². The second-order valence-corrected chi connectivity index (χ2v) is 20.4. The van der Waals surface area contributed by atoms with E-state index in [9.17, 15) is 57.5 Å². The summed E-state index contributed by atoms with van der Waals surface area (Å²) in [4.78, 5) is 29.6. The number of aliphatic hydroxyl groups excluding tert-OH is 1. The van der Waals surface area contributed by atoms with E-state index in [1.54, 1.807) is 18.2 Å². The quantitative estimate of drug-likeness (QED) is 0.0813. The lowest BCUT2D eigenvalue weighted by Gasteiger charge is -2.17. The third-order valence-corrected chi connectivity index (χ3v) is 14.1. The molecule has 6 rings (SSSR count). The first kappa shape index (κ1) is 45.0. The van der Waals surface area contributed by atoms with Crippen molar-refractivity contribution in [2.75, 3.05) is 28.3 Å². The fraction of sp³-hybridized carbons (Fsp3) is 0.147. The van der Waals surface area contributed by atoms with Crippen LogP contribution in [0.4, 0.5) is 11.4 Å². The SMILES string of the molecule is O=S(=O)=O.O=c1nc2c(S(=O)(=O)O)cc(Nc3cc(S(=O)(=O)CCSCCCS(=O)(=O)O)ccc3S(=O)(=O)O)c3c2=c(c1=C(O)c1ccccc1)c1ccccc1c3=O. The molecule has 0 aromatic heterocycles. The minimum Gasteiger partial charge on any atom is -0.506 e. The number of anilines is 2. The molecule has 0 atom stereocenters. The molecule has 19 nitrogen and oxygen atoms in total. The number of benzene rings is 4. The van der Waals surface area contributed by atoms with Gasteiger partial charge in [0.1, 0.15) is 15.6 Å². The van der Waals surface area contributed by atoms with Gasteiger partial charge in [-0.25, -0.2) is 13.4 Å². The second kappa shape index (κ2) is 17.2. The zero-order chi connectivity index (χ0) is 43.7. The predicted molar refractivity (Wildman–Crippen MR) is 215 cm³/mol. The van der Waals surface area contributed by atoms with E-state index < -0.39 is 121 Å². The maximum Gasteiger partial charge on any atom is 0.425 e. The average molecular weight is 929 g/mol. The Hall–Kier alpha value is -5.12. The molecule has 0 saturated carbocycles. The Kier molecular flexibility index (Phi) is 13.1. The first-order chi connectivity index (χ1) is 27.4. The molecule has 0 fully saturated rings. The maximum atomic E-state index is 14.3. The number of aromatic nitrogens is 1. The molecule has 25 heteroatoms. The van der Waals surface area contributed by atoms with Crippen LogP contribution < -0.4 is 21.5 Å². The van der Waals surface area contributed by atoms with E-state index in [1.807, 2.05) is 0 Å². The number of fused-ring (bicyclic) bond motifs is 2. The standard InChI is InChI=1S/C34H28N2O14S5.O3S/c37-32(19-7-2-1-3-8-19)30-27-21-9-4-5-10-22(21)33(38)28-24(18-26(55(48,49)50)31(29(27)28)36-34(30)39)35-23-17-20(11-12-25(23)54(45,46)47)52(40,41)16-14-51-13-6-15-53(42,43)44;1-4(2)3/h1-5,7-12,17-18,35,37H,6,13-16H2,(H,42,43,44)(H,45,46,47)(H,48,49,50);. The largest absolute Gasteiger partial charge is 0.506 e. The van der Waals surface area contributed by atoms with Crippen molar-refractivity contribution in [3.8, 4) is 0 Å². The predicted octanol–water partition coefficient (Wildman–Crippen LogP) is 1.72. The van der Waals surface area contributed by atoms with E-state index in [0.717, 1.165) is 30.0 Å². The Balaban J connectivity index is 0.00000158. The first-order valence-corrected chi connectivity index (χ1v) is 24.6. The van der Waals surface area contributed by atoms with Crippen molar-refractivity contribution in [2.45, 2.75) is 21.1 Å².